The number of fused-ring (bicyclic) bond motifs is 1. The quantitative estimate of drug-likeness (QED) is 0.920. The summed E-state index contributed by atoms with van der Waals surface area (Å²) in [6, 6.07) is 13.6. The average molecular weight is 283 g/mol. The van der Waals surface area contributed by atoms with Crippen LogP contribution in [0.5, 0.6) is 5.75 Å². The minimum Gasteiger partial charge on any atom is -0.478 e. The molecule has 1 aliphatic rings. The van der Waals surface area contributed by atoms with E-state index in [0.717, 1.165) is 5.56 Å². The molecule has 5 heteroatoms. The van der Waals surface area contributed by atoms with Gasteiger partial charge in [0.15, 0.2) is 0 Å². The van der Waals surface area contributed by atoms with Crippen molar-refractivity contribution in [2.45, 2.75) is 6.42 Å². The molecule has 1 amide bonds. The second-order valence-corrected chi connectivity index (χ2v) is 4.73. The third kappa shape index (κ3) is 2.58. The molecular formula is C16H13NO4. The van der Waals surface area contributed by atoms with Gasteiger partial charge in [-0.15, -0.1) is 0 Å². The van der Waals surface area contributed by atoms with Crippen LogP contribution in [0.2, 0.25) is 0 Å². The van der Waals surface area contributed by atoms with Crippen molar-refractivity contribution in [3.63, 3.8) is 0 Å². The Morgan fingerprint density at radius 1 is 1.10 bits per heavy atom. The van der Waals surface area contributed by atoms with Crippen molar-refractivity contribution >= 4 is 17.7 Å². The van der Waals surface area contributed by atoms with E-state index in [0.29, 0.717) is 24.4 Å². The fraction of sp³-hybridized carbons (Fsp3) is 0.125. The van der Waals surface area contributed by atoms with Crippen LogP contribution in [0.4, 0.5) is 10.5 Å². The van der Waals surface area contributed by atoms with Crippen LogP contribution in [0.15, 0.2) is 48.5 Å². The molecule has 2 aromatic rings. The first-order chi connectivity index (χ1) is 10.1. The van der Waals surface area contributed by atoms with Gasteiger partial charge in [0, 0.05) is 6.54 Å². The average Bonchev–Trinajstić information content (AvgIpc) is 2.91. The van der Waals surface area contributed by atoms with E-state index in [1.54, 1.807) is 36.4 Å². The predicted molar refractivity (Wildman–Crippen MR) is 76.9 cm³/mol. The van der Waals surface area contributed by atoms with Gasteiger partial charge in [0.1, 0.15) is 5.75 Å². The normalized spacial score (nSPS) is 12.9. The highest BCUT2D eigenvalue weighted by atomic mass is 16.6. The second-order valence-electron chi connectivity index (χ2n) is 4.73. The summed E-state index contributed by atoms with van der Waals surface area (Å²) in [5.41, 5.74) is 1.72. The molecule has 0 aromatic heterocycles. The summed E-state index contributed by atoms with van der Waals surface area (Å²) >= 11 is 0. The van der Waals surface area contributed by atoms with Gasteiger partial charge in [-0.1, -0.05) is 24.3 Å². The number of hydrogen-bond acceptors (Lipinski definition) is 3. The molecule has 5 nitrogen and oxygen atoms in total. The van der Waals surface area contributed by atoms with Crippen molar-refractivity contribution in [2.75, 3.05) is 11.4 Å². The number of para-hydroxylation sites is 1. The van der Waals surface area contributed by atoms with Crippen LogP contribution in [0, 0.1) is 0 Å². The maximum atomic E-state index is 12.2. The van der Waals surface area contributed by atoms with Crippen molar-refractivity contribution in [1.29, 1.82) is 0 Å². The molecule has 0 bridgehead atoms. The number of rotatable bonds is 2. The van der Waals surface area contributed by atoms with Gasteiger partial charge in [-0.25, -0.2) is 9.59 Å². The summed E-state index contributed by atoms with van der Waals surface area (Å²) in [4.78, 5) is 24.7. The lowest BCUT2D eigenvalue weighted by Gasteiger charge is -2.17. The number of nitrogens with zero attached hydrogens (tertiary/aromatic N) is 1. The molecule has 1 N–H and O–H groups in total. The largest absolute Gasteiger partial charge is 0.478 e. The fourth-order valence-electron chi connectivity index (χ4n) is 2.35. The van der Waals surface area contributed by atoms with Crippen LogP contribution < -0.4 is 9.64 Å². The summed E-state index contributed by atoms with van der Waals surface area (Å²) in [6.07, 6.45) is 0.196. The Labute approximate surface area is 121 Å². The lowest BCUT2D eigenvalue weighted by Crippen LogP contribution is -2.31. The van der Waals surface area contributed by atoms with Gasteiger partial charge in [-0.3, -0.25) is 4.90 Å². The summed E-state index contributed by atoms with van der Waals surface area (Å²) in [5, 5.41) is 9.04. The second kappa shape index (κ2) is 5.28. The molecule has 0 radical (unpaired) electrons. The summed E-state index contributed by atoms with van der Waals surface area (Å²) in [7, 11) is 0. The van der Waals surface area contributed by atoms with Crippen LogP contribution in [-0.4, -0.2) is 23.7 Å². The van der Waals surface area contributed by atoms with E-state index >= 15 is 0 Å². The van der Waals surface area contributed by atoms with Crippen LogP contribution in [0.3, 0.4) is 0 Å². The number of anilines is 1. The summed E-state index contributed by atoms with van der Waals surface area (Å²) in [5.74, 6) is -0.550. The van der Waals surface area contributed by atoms with Gasteiger partial charge < -0.3 is 9.84 Å². The summed E-state index contributed by atoms with van der Waals surface area (Å²) < 4.78 is 5.30. The highest BCUT2D eigenvalue weighted by molar-refractivity contribution is 5.95. The number of aromatic carboxylic acids is 1. The monoisotopic (exact) mass is 283 g/mol. The van der Waals surface area contributed by atoms with Gasteiger partial charge in [0.2, 0.25) is 0 Å². The molecule has 1 aliphatic heterocycles. The Morgan fingerprint density at radius 3 is 2.57 bits per heavy atom. The zero-order valence-electron chi connectivity index (χ0n) is 11.2. The van der Waals surface area contributed by atoms with Crippen molar-refractivity contribution in [2.24, 2.45) is 0 Å². The predicted octanol–water partition coefficient (Wildman–Crippen LogP) is 2.95. The number of carbonyl (C=O) groups excluding carboxylic acids is 1. The van der Waals surface area contributed by atoms with E-state index in [-0.39, 0.29) is 5.56 Å². The zero-order valence-corrected chi connectivity index (χ0v) is 11.2. The molecule has 0 saturated heterocycles. The first-order valence-corrected chi connectivity index (χ1v) is 6.56. The summed E-state index contributed by atoms with van der Waals surface area (Å²) in [6.45, 7) is 0.490. The van der Waals surface area contributed by atoms with Gasteiger partial charge >= 0.3 is 12.1 Å². The Kier molecular flexibility index (Phi) is 3.31. The van der Waals surface area contributed by atoms with E-state index in [2.05, 4.69) is 0 Å². The number of hydrogen-bond donors (Lipinski definition) is 1. The molecule has 21 heavy (non-hydrogen) atoms. The van der Waals surface area contributed by atoms with Gasteiger partial charge in [-0.2, -0.15) is 0 Å². The molecule has 0 unspecified atom stereocenters. The molecule has 3 rings (SSSR count). The molecule has 0 spiro atoms. The van der Waals surface area contributed by atoms with Crippen LogP contribution >= 0.6 is 0 Å². The minimum atomic E-state index is -1.01. The molecule has 0 fully saturated rings. The van der Waals surface area contributed by atoms with Crippen molar-refractivity contribution < 1.29 is 19.4 Å². The molecule has 2 aromatic carbocycles. The van der Waals surface area contributed by atoms with Gasteiger partial charge in [0.25, 0.3) is 0 Å². The maximum absolute atomic E-state index is 12.2. The Morgan fingerprint density at radius 2 is 1.86 bits per heavy atom. The number of ether oxygens (including phenoxy) is 1. The fourth-order valence-corrected chi connectivity index (χ4v) is 2.35. The SMILES string of the molecule is O=C(O)c1ccc2c(c1)N(C(=O)Oc1ccccc1)CC2. The third-order valence-corrected chi connectivity index (χ3v) is 3.40. The van der Waals surface area contributed by atoms with Gasteiger partial charge in [-0.05, 0) is 36.2 Å². The number of carboxylic acids is 1. The van der Waals surface area contributed by atoms with E-state index in [1.165, 1.54) is 11.0 Å². The molecule has 0 aliphatic carbocycles. The highest BCUT2D eigenvalue weighted by Crippen LogP contribution is 2.30. The van der Waals surface area contributed by atoms with Crippen LogP contribution in [0.25, 0.3) is 0 Å². The van der Waals surface area contributed by atoms with Crippen molar-refractivity contribution in [1.82, 2.24) is 0 Å². The standard InChI is InChI=1S/C16H13NO4/c18-15(19)12-7-6-11-8-9-17(14(11)10-12)16(20)21-13-4-2-1-3-5-13/h1-7,10H,8-9H2,(H,18,19). The van der Waals surface area contributed by atoms with Gasteiger partial charge in [0.05, 0.1) is 11.3 Å². The first-order valence-electron chi connectivity index (χ1n) is 6.56. The van der Waals surface area contributed by atoms with E-state index in [9.17, 15) is 9.59 Å². The lowest BCUT2D eigenvalue weighted by atomic mass is 10.1. The van der Waals surface area contributed by atoms with E-state index in [1.807, 2.05) is 6.07 Å². The highest BCUT2D eigenvalue weighted by Gasteiger charge is 2.27. The zero-order chi connectivity index (χ0) is 14.8. The topological polar surface area (TPSA) is 66.8 Å². The van der Waals surface area contributed by atoms with E-state index in [4.69, 9.17) is 9.84 Å². The maximum Gasteiger partial charge on any atom is 0.419 e. The van der Waals surface area contributed by atoms with Crippen molar-refractivity contribution in [3.05, 3.63) is 59.7 Å². The third-order valence-electron chi connectivity index (χ3n) is 3.40. The van der Waals surface area contributed by atoms with Crippen molar-refractivity contribution in [3.8, 4) is 5.75 Å². The molecule has 106 valence electrons. The molecule has 0 saturated carbocycles. The molecule has 0 atom stereocenters. The smallest absolute Gasteiger partial charge is 0.419 e. The number of amides is 1. The van der Waals surface area contributed by atoms with Crippen LogP contribution in [-0.2, 0) is 6.42 Å². The Bertz CT molecular complexity index is 697. The lowest BCUT2D eigenvalue weighted by molar-refractivity contribution is 0.0697. The number of benzene rings is 2. The van der Waals surface area contributed by atoms with E-state index < -0.39 is 12.1 Å². The van der Waals surface area contributed by atoms with Crippen LogP contribution in [0.1, 0.15) is 15.9 Å². The minimum absolute atomic E-state index is 0.160. The Balaban J connectivity index is 1.84. The molecule has 1 heterocycles. The molecular weight excluding hydrogens is 270 g/mol. The first kappa shape index (κ1) is 13.2. The number of carboxylic acid groups (broad SMARTS) is 1. The Hall–Kier alpha value is -2.82. The number of carbonyl (C=O) groups is 2.